The lowest BCUT2D eigenvalue weighted by molar-refractivity contribution is 0.343. The van der Waals surface area contributed by atoms with E-state index in [9.17, 15) is 0 Å². The van der Waals surface area contributed by atoms with Crippen LogP contribution in [-0.2, 0) is 6.54 Å². The second kappa shape index (κ2) is 5.68. The summed E-state index contributed by atoms with van der Waals surface area (Å²) in [4.78, 5) is 6.08. The van der Waals surface area contributed by atoms with Crippen LogP contribution >= 0.6 is 11.5 Å². The van der Waals surface area contributed by atoms with E-state index >= 15 is 0 Å². The number of aromatic nitrogens is 2. The molecule has 0 atom stereocenters. The van der Waals surface area contributed by atoms with Crippen LogP contribution in [0.5, 0.6) is 5.75 Å². The molecular weight excluding hydrogens is 248 g/mol. The summed E-state index contributed by atoms with van der Waals surface area (Å²) in [5, 5.41) is 0.950. The molecule has 0 saturated carbocycles. The molecular formula is C12H16N4OS. The Hall–Kier alpha value is -1.82. The molecule has 0 aliphatic carbocycles. The molecule has 0 spiro atoms. The molecule has 96 valence electrons. The number of pyridine rings is 1. The van der Waals surface area contributed by atoms with Gasteiger partial charge < -0.3 is 15.4 Å². The van der Waals surface area contributed by atoms with Gasteiger partial charge in [0.2, 0.25) is 0 Å². The number of hydrogen-bond acceptors (Lipinski definition) is 6. The maximum absolute atomic E-state index is 5.80. The number of nitrogen functional groups attached to an aromatic ring is 1. The van der Waals surface area contributed by atoms with Crippen molar-refractivity contribution in [1.29, 1.82) is 0 Å². The fraction of sp³-hybridized carbons (Fsp3) is 0.333. The van der Waals surface area contributed by atoms with Gasteiger partial charge in [-0.1, -0.05) is 0 Å². The second-order valence-electron chi connectivity index (χ2n) is 3.85. The topological polar surface area (TPSA) is 64.3 Å². The largest absolute Gasteiger partial charge is 0.487 e. The fourth-order valence-corrected chi connectivity index (χ4v) is 2.36. The zero-order valence-electron chi connectivity index (χ0n) is 10.5. The normalized spacial score (nSPS) is 10.3. The van der Waals surface area contributed by atoms with Crippen LogP contribution in [0, 0.1) is 0 Å². The van der Waals surface area contributed by atoms with Gasteiger partial charge in [0.25, 0.3) is 0 Å². The molecule has 0 radical (unpaired) electrons. The molecule has 0 amide bonds. The van der Waals surface area contributed by atoms with Crippen LogP contribution in [0.2, 0.25) is 0 Å². The van der Waals surface area contributed by atoms with E-state index in [-0.39, 0.29) is 0 Å². The van der Waals surface area contributed by atoms with Crippen LogP contribution in [-0.4, -0.2) is 23.0 Å². The first-order valence-corrected chi connectivity index (χ1v) is 6.47. The van der Waals surface area contributed by atoms with Gasteiger partial charge in [0.1, 0.15) is 0 Å². The zero-order chi connectivity index (χ0) is 13.0. The molecule has 5 nitrogen and oxygen atoms in total. The van der Waals surface area contributed by atoms with Crippen LogP contribution < -0.4 is 15.4 Å². The Labute approximate surface area is 110 Å². The maximum Gasteiger partial charge on any atom is 0.197 e. The predicted octanol–water partition coefficient (Wildman–Crippen LogP) is 2.16. The van der Waals surface area contributed by atoms with Crippen molar-refractivity contribution >= 4 is 22.4 Å². The highest BCUT2D eigenvalue weighted by atomic mass is 32.1. The third-order valence-corrected chi connectivity index (χ3v) is 3.42. The first-order valence-electron chi connectivity index (χ1n) is 5.70. The molecule has 2 rings (SSSR count). The lowest BCUT2D eigenvalue weighted by atomic mass is 10.2. The van der Waals surface area contributed by atoms with Crippen LogP contribution in [0.1, 0.15) is 12.5 Å². The molecule has 0 saturated heterocycles. The Kier molecular flexibility index (Phi) is 3.99. The fourth-order valence-electron chi connectivity index (χ4n) is 1.64. The molecule has 0 aliphatic rings. The van der Waals surface area contributed by atoms with Gasteiger partial charge in [-0.2, -0.15) is 4.37 Å². The number of anilines is 2. The SMILES string of the molecule is CCOc1c(N)nsc1N(C)Cc1ccncc1. The monoisotopic (exact) mass is 264 g/mol. The summed E-state index contributed by atoms with van der Waals surface area (Å²) in [7, 11) is 2.00. The molecule has 2 N–H and O–H groups in total. The van der Waals surface area contributed by atoms with Gasteiger partial charge in [-0.3, -0.25) is 4.98 Å². The smallest absolute Gasteiger partial charge is 0.197 e. The van der Waals surface area contributed by atoms with Gasteiger partial charge >= 0.3 is 0 Å². The molecule has 18 heavy (non-hydrogen) atoms. The Morgan fingerprint density at radius 2 is 2.11 bits per heavy atom. The van der Waals surface area contributed by atoms with Gasteiger partial charge in [0.15, 0.2) is 16.6 Å². The van der Waals surface area contributed by atoms with E-state index in [1.54, 1.807) is 12.4 Å². The van der Waals surface area contributed by atoms with Crippen molar-refractivity contribution in [1.82, 2.24) is 9.36 Å². The zero-order valence-corrected chi connectivity index (χ0v) is 11.3. The first-order chi connectivity index (χ1) is 8.72. The summed E-state index contributed by atoms with van der Waals surface area (Å²) in [5.41, 5.74) is 6.98. The van der Waals surface area contributed by atoms with Crippen LogP contribution in [0.3, 0.4) is 0 Å². The highest BCUT2D eigenvalue weighted by molar-refractivity contribution is 7.11. The first kappa shape index (κ1) is 12.6. The van der Waals surface area contributed by atoms with E-state index in [4.69, 9.17) is 10.5 Å². The van der Waals surface area contributed by atoms with Gasteiger partial charge in [0, 0.05) is 26.0 Å². The van der Waals surface area contributed by atoms with Crippen LogP contribution in [0.4, 0.5) is 10.8 Å². The average Bonchev–Trinajstić information content (AvgIpc) is 2.73. The highest BCUT2D eigenvalue weighted by Crippen LogP contribution is 2.38. The summed E-state index contributed by atoms with van der Waals surface area (Å²) in [5.74, 6) is 1.14. The van der Waals surface area contributed by atoms with Gasteiger partial charge in [0.05, 0.1) is 6.61 Å². The maximum atomic E-state index is 5.80. The van der Waals surface area contributed by atoms with Crippen LogP contribution in [0.15, 0.2) is 24.5 Å². The van der Waals surface area contributed by atoms with Crippen molar-refractivity contribution in [3.05, 3.63) is 30.1 Å². The summed E-state index contributed by atoms with van der Waals surface area (Å²) in [6.07, 6.45) is 3.57. The average molecular weight is 264 g/mol. The number of hydrogen-bond donors (Lipinski definition) is 1. The van der Waals surface area contributed by atoms with Gasteiger partial charge in [-0.15, -0.1) is 0 Å². The number of rotatable bonds is 5. The Morgan fingerprint density at radius 1 is 1.39 bits per heavy atom. The lowest BCUT2D eigenvalue weighted by Gasteiger charge is -2.18. The molecule has 0 unspecified atom stereocenters. The molecule has 2 aromatic heterocycles. The minimum atomic E-state index is 0.457. The van der Waals surface area contributed by atoms with E-state index in [1.165, 1.54) is 17.1 Å². The quantitative estimate of drug-likeness (QED) is 0.896. The summed E-state index contributed by atoms with van der Waals surface area (Å²) < 4.78 is 9.67. The lowest BCUT2D eigenvalue weighted by Crippen LogP contribution is -2.16. The highest BCUT2D eigenvalue weighted by Gasteiger charge is 2.16. The Balaban J connectivity index is 2.16. The molecule has 0 bridgehead atoms. The van der Waals surface area contributed by atoms with Gasteiger partial charge in [-0.25, -0.2) is 0 Å². The number of nitrogens with zero attached hydrogens (tertiary/aromatic N) is 3. The molecule has 0 fully saturated rings. The van der Waals surface area contributed by atoms with E-state index in [1.807, 2.05) is 26.1 Å². The molecule has 2 heterocycles. The van der Waals surface area contributed by atoms with Gasteiger partial charge in [-0.05, 0) is 36.2 Å². The third kappa shape index (κ3) is 2.70. The molecule has 2 aromatic rings. The summed E-state index contributed by atoms with van der Waals surface area (Å²) in [6.45, 7) is 3.28. The number of nitrogens with two attached hydrogens (primary N) is 1. The van der Waals surface area contributed by atoms with Crippen molar-refractivity contribution in [2.45, 2.75) is 13.5 Å². The van der Waals surface area contributed by atoms with E-state index in [0.29, 0.717) is 18.2 Å². The van der Waals surface area contributed by atoms with E-state index < -0.39 is 0 Å². The van der Waals surface area contributed by atoms with E-state index in [2.05, 4.69) is 14.3 Å². The van der Waals surface area contributed by atoms with Crippen molar-refractivity contribution in [2.24, 2.45) is 0 Å². The van der Waals surface area contributed by atoms with Crippen molar-refractivity contribution in [2.75, 3.05) is 24.3 Å². The molecule has 6 heteroatoms. The number of ether oxygens (including phenoxy) is 1. The minimum absolute atomic E-state index is 0.457. The Bertz CT molecular complexity index is 500. The Morgan fingerprint density at radius 3 is 2.78 bits per heavy atom. The third-order valence-electron chi connectivity index (χ3n) is 2.46. The van der Waals surface area contributed by atoms with Crippen molar-refractivity contribution in [3.63, 3.8) is 0 Å². The summed E-state index contributed by atoms with van der Waals surface area (Å²) in [6, 6.07) is 3.97. The molecule has 0 aliphatic heterocycles. The summed E-state index contributed by atoms with van der Waals surface area (Å²) >= 11 is 1.35. The molecule has 0 aromatic carbocycles. The second-order valence-corrected chi connectivity index (χ2v) is 4.60. The van der Waals surface area contributed by atoms with Crippen molar-refractivity contribution < 1.29 is 4.74 Å². The predicted molar refractivity (Wildman–Crippen MR) is 74.0 cm³/mol. The minimum Gasteiger partial charge on any atom is -0.487 e. The van der Waals surface area contributed by atoms with E-state index in [0.717, 1.165) is 11.5 Å². The standard InChI is InChI=1S/C12H16N4OS/c1-3-17-10-11(13)15-18-12(10)16(2)8-9-4-6-14-7-5-9/h4-7H,3,8H2,1-2H3,(H2,13,15). The van der Waals surface area contributed by atoms with Crippen molar-refractivity contribution in [3.8, 4) is 5.75 Å². The van der Waals surface area contributed by atoms with Crippen LogP contribution in [0.25, 0.3) is 0 Å².